The first kappa shape index (κ1) is 11.9. The molecule has 0 radical (unpaired) electrons. The standard InChI is InChI=1S/C11H15F2NO/c1-8(7-14)6-9-2-4-10(5-3-9)15-11(12)13/h2-5,8,11H,6-7,14H2,1H3/t8-/m1/s1. The van der Waals surface area contributed by atoms with Crippen LogP contribution >= 0.6 is 0 Å². The van der Waals surface area contributed by atoms with E-state index in [9.17, 15) is 8.78 Å². The van der Waals surface area contributed by atoms with Crippen LogP contribution in [0, 0.1) is 5.92 Å². The van der Waals surface area contributed by atoms with Crippen LogP contribution in [0.25, 0.3) is 0 Å². The van der Waals surface area contributed by atoms with E-state index in [2.05, 4.69) is 4.74 Å². The Balaban J connectivity index is 2.56. The molecule has 4 heteroatoms. The number of hydrogen-bond acceptors (Lipinski definition) is 2. The van der Waals surface area contributed by atoms with Gasteiger partial charge >= 0.3 is 6.61 Å². The van der Waals surface area contributed by atoms with Gasteiger partial charge in [0, 0.05) is 0 Å². The molecule has 0 heterocycles. The zero-order chi connectivity index (χ0) is 11.3. The molecule has 0 aromatic heterocycles. The van der Waals surface area contributed by atoms with E-state index < -0.39 is 6.61 Å². The molecule has 1 aromatic carbocycles. The van der Waals surface area contributed by atoms with Gasteiger partial charge in [-0.15, -0.1) is 0 Å². The maximum atomic E-state index is 11.8. The number of rotatable bonds is 5. The third-order valence-corrected chi connectivity index (χ3v) is 2.14. The summed E-state index contributed by atoms with van der Waals surface area (Å²) in [6, 6.07) is 6.66. The van der Waals surface area contributed by atoms with Crippen molar-refractivity contribution in [1.82, 2.24) is 0 Å². The number of benzene rings is 1. The third kappa shape index (κ3) is 4.25. The topological polar surface area (TPSA) is 35.2 Å². The van der Waals surface area contributed by atoms with Gasteiger partial charge in [-0.1, -0.05) is 19.1 Å². The molecule has 0 aliphatic heterocycles. The maximum Gasteiger partial charge on any atom is 0.387 e. The van der Waals surface area contributed by atoms with Crippen molar-refractivity contribution in [2.24, 2.45) is 11.7 Å². The van der Waals surface area contributed by atoms with Gasteiger partial charge in [-0.05, 0) is 36.6 Å². The molecule has 1 rings (SSSR count). The Morgan fingerprint density at radius 2 is 1.87 bits per heavy atom. The third-order valence-electron chi connectivity index (χ3n) is 2.14. The summed E-state index contributed by atoms with van der Waals surface area (Å²) in [5, 5.41) is 0. The molecule has 0 aliphatic carbocycles. The summed E-state index contributed by atoms with van der Waals surface area (Å²) in [6.07, 6.45) is 0.853. The van der Waals surface area contributed by atoms with Crippen LogP contribution < -0.4 is 10.5 Å². The summed E-state index contributed by atoms with van der Waals surface area (Å²) in [5.41, 5.74) is 6.57. The Morgan fingerprint density at radius 1 is 1.27 bits per heavy atom. The summed E-state index contributed by atoms with van der Waals surface area (Å²) in [5.74, 6) is 0.584. The molecule has 0 spiro atoms. The van der Waals surface area contributed by atoms with Gasteiger partial charge in [0.2, 0.25) is 0 Å². The number of hydrogen-bond donors (Lipinski definition) is 1. The highest BCUT2D eigenvalue weighted by atomic mass is 19.3. The first-order valence-electron chi connectivity index (χ1n) is 4.85. The van der Waals surface area contributed by atoms with E-state index in [1.807, 2.05) is 6.92 Å². The van der Waals surface area contributed by atoms with E-state index in [0.29, 0.717) is 12.5 Å². The normalized spacial score (nSPS) is 12.9. The average Bonchev–Trinajstić information content (AvgIpc) is 2.20. The van der Waals surface area contributed by atoms with Gasteiger partial charge in [0.25, 0.3) is 0 Å². The van der Waals surface area contributed by atoms with Crippen molar-refractivity contribution in [2.45, 2.75) is 20.0 Å². The molecule has 84 valence electrons. The molecule has 0 amide bonds. The monoisotopic (exact) mass is 215 g/mol. The number of alkyl halides is 2. The van der Waals surface area contributed by atoms with Crippen molar-refractivity contribution in [3.8, 4) is 5.75 Å². The molecule has 15 heavy (non-hydrogen) atoms. The lowest BCUT2D eigenvalue weighted by Gasteiger charge is -2.09. The maximum absolute atomic E-state index is 11.8. The zero-order valence-electron chi connectivity index (χ0n) is 8.62. The van der Waals surface area contributed by atoms with E-state index in [1.54, 1.807) is 24.3 Å². The molecule has 0 unspecified atom stereocenters. The van der Waals surface area contributed by atoms with E-state index in [4.69, 9.17) is 5.73 Å². The molecule has 2 N–H and O–H groups in total. The highest BCUT2D eigenvalue weighted by Gasteiger charge is 2.05. The Kier molecular flexibility index (Phi) is 4.49. The summed E-state index contributed by atoms with van der Waals surface area (Å²) in [7, 11) is 0. The van der Waals surface area contributed by atoms with Crippen LogP contribution in [0.1, 0.15) is 12.5 Å². The van der Waals surface area contributed by atoms with Crippen molar-refractivity contribution in [3.63, 3.8) is 0 Å². The van der Waals surface area contributed by atoms with Crippen LogP contribution in [0.5, 0.6) is 5.75 Å². The first-order valence-corrected chi connectivity index (χ1v) is 4.85. The highest BCUT2D eigenvalue weighted by molar-refractivity contribution is 5.27. The molecule has 2 nitrogen and oxygen atoms in total. The molecule has 0 fully saturated rings. The fraction of sp³-hybridized carbons (Fsp3) is 0.455. The summed E-state index contributed by atoms with van der Waals surface area (Å²) in [4.78, 5) is 0. The minimum atomic E-state index is -2.76. The second-order valence-corrected chi connectivity index (χ2v) is 3.57. The van der Waals surface area contributed by atoms with Gasteiger partial charge in [0.1, 0.15) is 5.75 Å². The fourth-order valence-corrected chi connectivity index (χ4v) is 1.29. The first-order chi connectivity index (χ1) is 7.11. The second-order valence-electron chi connectivity index (χ2n) is 3.57. The van der Waals surface area contributed by atoms with Gasteiger partial charge in [0.05, 0.1) is 0 Å². The molecule has 0 aliphatic rings. The Hall–Kier alpha value is -1.16. The van der Waals surface area contributed by atoms with Crippen LogP contribution in [0.3, 0.4) is 0 Å². The van der Waals surface area contributed by atoms with Crippen molar-refractivity contribution in [2.75, 3.05) is 6.54 Å². The van der Waals surface area contributed by atoms with Gasteiger partial charge in [0.15, 0.2) is 0 Å². The van der Waals surface area contributed by atoms with Gasteiger partial charge in [-0.3, -0.25) is 0 Å². The van der Waals surface area contributed by atoms with Crippen LogP contribution in [-0.2, 0) is 6.42 Å². The quantitative estimate of drug-likeness (QED) is 0.818. The summed E-state index contributed by atoms with van der Waals surface area (Å²) in [6.45, 7) is -0.0995. The van der Waals surface area contributed by atoms with Crippen molar-refractivity contribution >= 4 is 0 Å². The van der Waals surface area contributed by atoms with E-state index in [1.165, 1.54) is 0 Å². The molecular formula is C11H15F2NO. The average molecular weight is 215 g/mol. The molecule has 0 saturated heterocycles. The minimum Gasteiger partial charge on any atom is -0.435 e. The van der Waals surface area contributed by atoms with Crippen LogP contribution in [-0.4, -0.2) is 13.2 Å². The molecular weight excluding hydrogens is 200 g/mol. The van der Waals surface area contributed by atoms with E-state index in [0.717, 1.165) is 12.0 Å². The predicted octanol–water partition coefficient (Wildman–Crippen LogP) is 2.43. The molecule has 0 bridgehead atoms. The van der Waals surface area contributed by atoms with Gasteiger partial charge < -0.3 is 10.5 Å². The van der Waals surface area contributed by atoms with Crippen LogP contribution in [0.4, 0.5) is 8.78 Å². The molecule has 0 saturated carbocycles. The number of nitrogens with two attached hydrogens (primary N) is 1. The number of halogens is 2. The predicted molar refractivity (Wildman–Crippen MR) is 55.0 cm³/mol. The zero-order valence-corrected chi connectivity index (χ0v) is 8.62. The largest absolute Gasteiger partial charge is 0.435 e. The SMILES string of the molecule is C[C@@H](CN)Cc1ccc(OC(F)F)cc1. The Morgan fingerprint density at radius 3 is 2.33 bits per heavy atom. The highest BCUT2D eigenvalue weighted by Crippen LogP contribution is 2.16. The van der Waals surface area contributed by atoms with E-state index in [-0.39, 0.29) is 5.75 Å². The molecule has 1 aromatic rings. The minimum absolute atomic E-state index is 0.189. The van der Waals surface area contributed by atoms with E-state index >= 15 is 0 Å². The molecule has 1 atom stereocenters. The van der Waals surface area contributed by atoms with Crippen molar-refractivity contribution < 1.29 is 13.5 Å². The Bertz CT molecular complexity index is 287. The summed E-state index contributed by atoms with van der Waals surface area (Å²) < 4.78 is 27.9. The van der Waals surface area contributed by atoms with Gasteiger partial charge in [-0.2, -0.15) is 8.78 Å². The lowest BCUT2D eigenvalue weighted by Crippen LogP contribution is -2.13. The smallest absolute Gasteiger partial charge is 0.387 e. The van der Waals surface area contributed by atoms with Crippen molar-refractivity contribution in [3.05, 3.63) is 29.8 Å². The lowest BCUT2D eigenvalue weighted by molar-refractivity contribution is -0.0498. The Labute approximate surface area is 88.0 Å². The number of ether oxygens (including phenoxy) is 1. The summed E-state index contributed by atoms with van der Waals surface area (Å²) >= 11 is 0. The van der Waals surface area contributed by atoms with Gasteiger partial charge in [-0.25, -0.2) is 0 Å². The second kappa shape index (κ2) is 5.66. The van der Waals surface area contributed by atoms with Crippen LogP contribution in [0.2, 0.25) is 0 Å². The lowest BCUT2D eigenvalue weighted by atomic mass is 10.0. The van der Waals surface area contributed by atoms with Crippen molar-refractivity contribution in [1.29, 1.82) is 0 Å². The van der Waals surface area contributed by atoms with Crippen LogP contribution in [0.15, 0.2) is 24.3 Å². The fourth-order valence-electron chi connectivity index (χ4n) is 1.29.